The molecular formula is C14H24N2S3. The van der Waals surface area contributed by atoms with Gasteiger partial charge in [0.05, 0.1) is 5.25 Å². The lowest BCUT2D eigenvalue weighted by molar-refractivity contribution is 0.426. The van der Waals surface area contributed by atoms with Crippen molar-refractivity contribution in [3.05, 3.63) is 16.1 Å². The fraction of sp³-hybridized carbons (Fsp3) is 0.786. The van der Waals surface area contributed by atoms with Crippen LogP contribution in [0, 0.1) is 0 Å². The highest BCUT2D eigenvalue weighted by atomic mass is 32.2. The van der Waals surface area contributed by atoms with Crippen LogP contribution in [0.25, 0.3) is 0 Å². The van der Waals surface area contributed by atoms with Crippen molar-refractivity contribution in [1.29, 1.82) is 0 Å². The first-order valence-electron chi connectivity index (χ1n) is 6.92. The molecule has 1 aliphatic heterocycles. The second kappa shape index (κ2) is 6.83. The van der Waals surface area contributed by atoms with E-state index in [0.29, 0.717) is 5.25 Å². The van der Waals surface area contributed by atoms with Crippen LogP contribution in [0.1, 0.15) is 49.3 Å². The Balaban J connectivity index is 1.99. The van der Waals surface area contributed by atoms with Crippen LogP contribution in [0.4, 0.5) is 0 Å². The maximum Gasteiger partial charge on any atom is 0.107 e. The van der Waals surface area contributed by atoms with E-state index in [-0.39, 0.29) is 5.54 Å². The average Bonchev–Trinajstić information content (AvgIpc) is 2.84. The summed E-state index contributed by atoms with van der Waals surface area (Å²) in [6, 6.07) is 0. The van der Waals surface area contributed by atoms with Gasteiger partial charge < -0.3 is 5.32 Å². The molecule has 1 aliphatic rings. The number of nitrogens with zero attached hydrogens (tertiary/aromatic N) is 1. The van der Waals surface area contributed by atoms with Gasteiger partial charge in [-0.2, -0.15) is 11.8 Å². The van der Waals surface area contributed by atoms with Crippen LogP contribution in [-0.4, -0.2) is 27.3 Å². The Morgan fingerprint density at radius 2 is 2.05 bits per heavy atom. The second-order valence-electron chi connectivity index (χ2n) is 5.88. The smallest absolute Gasteiger partial charge is 0.107 e. The number of nitrogens with one attached hydrogen (secondary N) is 1. The van der Waals surface area contributed by atoms with Crippen molar-refractivity contribution in [2.24, 2.45) is 0 Å². The molecule has 1 fully saturated rings. The third-order valence-electron chi connectivity index (χ3n) is 3.06. The van der Waals surface area contributed by atoms with Crippen LogP contribution in [0.15, 0.2) is 6.20 Å². The van der Waals surface area contributed by atoms with E-state index in [1.165, 1.54) is 27.8 Å². The van der Waals surface area contributed by atoms with Crippen molar-refractivity contribution >= 4 is 34.9 Å². The molecule has 1 aromatic rings. The molecule has 0 spiro atoms. The lowest BCUT2D eigenvalue weighted by atomic mass is 10.1. The molecule has 1 N–H and O–H groups in total. The van der Waals surface area contributed by atoms with E-state index in [0.717, 1.165) is 11.8 Å². The SMILES string of the molecule is CCC1SCCSC1c1ncc(CNC(C)(C)C)s1. The molecule has 5 heteroatoms. The second-order valence-corrected chi connectivity index (χ2v) is 9.62. The lowest BCUT2D eigenvalue weighted by Gasteiger charge is -2.28. The Hall–Kier alpha value is 0.290. The molecule has 108 valence electrons. The van der Waals surface area contributed by atoms with Gasteiger partial charge in [0, 0.05) is 39.9 Å². The minimum atomic E-state index is 0.172. The lowest BCUT2D eigenvalue weighted by Crippen LogP contribution is -2.34. The van der Waals surface area contributed by atoms with Crippen molar-refractivity contribution in [3.8, 4) is 0 Å². The third kappa shape index (κ3) is 4.66. The molecule has 0 amide bonds. The number of rotatable bonds is 4. The van der Waals surface area contributed by atoms with Gasteiger partial charge in [0.2, 0.25) is 0 Å². The summed E-state index contributed by atoms with van der Waals surface area (Å²) in [5, 5.41) is 6.22. The zero-order valence-corrected chi connectivity index (χ0v) is 14.7. The van der Waals surface area contributed by atoms with E-state index in [4.69, 9.17) is 0 Å². The summed E-state index contributed by atoms with van der Waals surface area (Å²) in [5.74, 6) is 2.56. The van der Waals surface area contributed by atoms with Gasteiger partial charge in [0.1, 0.15) is 5.01 Å². The summed E-state index contributed by atoms with van der Waals surface area (Å²) in [7, 11) is 0. The van der Waals surface area contributed by atoms with E-state index < -0.39 is 0 Å². The predicted molar refractivity (Wildman–Crippen MR) is 90.4 cm³/mol. The minimum absolute atomic E-state index is 0.172. The van der Waals surface area contributed by atoms with Gasteiger partial charge in [0.25, 0.3) is 0 Å². The largest absolute Gasteiger partial charge is 0.307 e. The average molecular weight is 317 g/mol. The molecule has 19 heavy (non-hydrogen) atoms. The first-order valence-corrected chi connectivity index (χ1v) is 9.84. The van der Waals surface area contributed by atoms with Crippen molar-refractivity contribution < 1.29 is 0 Å². The fourth-order valence-corrected chi connectivity index (χ4v) is 6.31. The Morgan fingerprint density at radius 3 is 2.74 bits per heavy atom. The number of hydrogen-bond donors (Lipinski definition) is 1. The molecule has 2 atom stereocenters. The molecule has 0 aromatic carbocycles. The van der Waals surface area contributed by atoms with Gasteiger partial charge in [-0.3, -0.25) is 0 Å². The van der Waals surface area contributed by atoms with Crippen LogP contribution < -0.4 is 5.32 Å². The van der Waals surface area contributed by atoms with Crippen LogP contribution in [0.3, 0.4) is 0 Å². The maximum atomic E-state index is 4.68. The minimum Gasteiger partial charge on any atom is -0.307 e. The van der Waals surface area contributed by atoms with E-state index >= 15 is 0 Å². The molecule has 2 unspecified atom stereocenters. The molecule has 2 heterocycles. The predicted octanol–water partition coefficient (Wildman–Crippen LogP) is 4.33. The van der Waals surface area contributed by atoms with Gasteiger partial charge in [-0.25, -0.2) is 4.98 Å². The number of thioether (sulfide) groups is 2. The van der Waals surface area contributed by atoms with Crippen molar-refractivity contribution in [1.82, 2.24) is 10.3 Å². The molecular weight excluding hydrogens is 292 g/mol. The zero-order valence-electron chi connectivity index (χ0n) is 12.2. The highest BCUT2D eigenvalue weighted by molar-refractivity contribution is 8.06. The highest BCUT2D eigenvalue weighted by Gasteiger charge is 2.28. The summed E-state index contributed by atoms with van der Waals surface area (Å²) >= 11 is 6.11. The molecule has 0 saturated carbocycles. The van der Waals surface area contributed by atoms with Crippen molar-refractivity contribution in [2.75, 3.05) is 11.5 Å². The zero-order chi connectivity index (χ0) is 13.9. The highest BCUT2D eigenvalue weighted by Crippen LogP contribution is 2.45. The van der Waals surface area contributed by atoms with Crippen molar-refractivity contribution in [3.63, 3.8) is 0 Å². The standard InChI is InChI=1S/C14H24N2S3/c1-5-11-12(18-7-6-17-11)13-15-8-10(19-13)9-16-14(2,3)4/h8,11-12,16H,5-7,9H2,1-4H3. The van der Waals surface area contributed by atoms with Gasteiger partial charge in [-0.1, -0.05) is 6.92 Å². The number of hydrogen-bond acceptors (Lipinski definition) is 5. The Kier molecular flexibility index (Phi) is 5.64. The molecule has 2 nitrogen and oxygen atoms in total. The first kappa shape index (κ1) is 15.7. The third-order valence-corrected chi connectivity index (χ3v) is 7.55. The first-order chi connectivity index (χ1) is 8.99. The van der Waals surface area contributed by atoms with Gasteiger partial charge in [-0.05, 0) is 27.2 Å². The summed E-state index contributed by atoms with van der Waals surface area (Å²) in [6.45, 7) is 9.84. The van der Waals surface area contributed by atoms with E-state index in [1.54, 1.807) is 0 Å². The molecule has 1 saturated heterocycles. The topological polar surface area (TPSA) is 24.9 Å². The van der Waals surface area contributed by atoms with Gasteiger partial charge in [-0.15, -0.1) is 23.1 Å². The van der Waals surface area contributed by atoms with E-state index in [2.05, 4.69) is 67.7 Å². The Morgan fingerprint density at radius 1 is 1.32 bits per heavy atom. The molecule has 0 aliphatic carbocycles. The molecule has 2 rings (SSSR count). The van der Waals surface area contributed by atoms with Crippen LogP contribution in [0.5, 0.6) is 0 Å². The van der Waals surface area contributed by atoms with Crippen LogP contribution >= 0.6 is 34.9 Å². The number of aromatic nitrogens is 1. The summed E-state index contributed by atoms with van der Waals surface area (Å²) < 4.78 is 0. The maximum absolute atomic E-state index is 4.68. The number of thiazole rings is 1. The van der Waals surface area contributed by atoms with Crippen LogP contribution in [-0.2, 0) is 6.54 Å². The quantitative estimate of drug-likeness (QED) is 0.893. The van der Waals surface area contributed by atoms with Crippen molar-refractivity contribution in [2.45, 2.75) is 56.7 Å². The van der Waals surface area contributed by atoms with E-state index in [9.17, 15) is 0 Å². The summed E-state index contributed by atoms with van der Waals surface area (Å²) in [5.41, 5.74) is 0.172. The van der Waals surface area contributed by atoms with Gasteiger partial charge in [0.15, 0.2) is 0 Å². The molecule has 1 aromatic heterocycles. The van der Waals surface area contributed by atoms with Crippen LogP contribution in [0.2, 0.25) is 0 Å². The summed E-state index contributed by atoms with van der Waals surface area (Å²) in [6.07, 6.45) is 3.31. The Labute approximate surface area is 129 Å². The van der Waals surface area contributed by atoms with Gasteiger partial charge >= 0.3 is 0 Å². The normalized spacial score (nSPS) is 24.6. The monoisotopic (exact) mass is 316 g/mol. The fourth-order valence-electron chi connectivity index (χ4n) is 2.02. The molecule has 0 radical (unpaired) electrons. The molecule has 0 bridgehead atoms. The summed E-state index contributed by atoms with van der Waals surface area (Å²) in [4.78, 5) is 6.04. The van der Waals surface area contributed by atoms with E-state index in [1.807, 2.05) is 11.3 Å². The Bertz CT molecular complexity index is 398.